The van der Waals surface area contributed by atoms with E-state index in [1.807, 2.05) is 18.2 Å². The van der Waals surface area contributed by atoms with Crippen LogP contribution in [0, 0.1) is 5.92 Å². The van der Waals surface area contributed by atoms with E-state index in [0.29, 0.717) is 5.92 Å². The summed E-state index contributed by atoms with van der Waals surface area (Å²) in [6, 6.07) is 16.5. The van der Waals surface area contributed by atoms with Crippen molar-refractivity contribution in [2.45, 2.75) is 65.8 Å². The second-order valence-electron chi connectivity index (χ2n) is 7.78. The third-order valence-electron chi connectivity index (χ3n) is 4.76. The lowest BCUT2D eigenvalue weighted by Crippen LogP contribution is -2.06. The number of unbranched alkanes of at least 4 members (excludes halogenated alkanes) is 4. The van der Waals surface area contributed by atoms with E-state index >= 15 is 0 Å². The maximum Gasteiger partial charge on any atom is 0.124 e. The Kier molecular flexibility index (Phi) is 10.3. The summed E-state index contributed by atoms with van der Waals surface area (Å²) < 4.78 is 11.9. The minimum Gasteiger partial charge on any atom is -0.494 e. The highest BCUT2D eigenvalue weighted by Gasteiger charge is 2.04. The SMILES string of the molecule is CCCCCCCOc1cccc(NCc2ccccc2OCCC(C)C)c1. The molecule has 0 saturated heterocycles. The van der Waals surface area contributed by atoms with Crippen LogP contribution in [0.2, 0.25) is 0 Å². The Morgan fingerprint density at radius 3 is 2.50 bits per heavy atom. The quantitative estimate of drug-likeness (QED) is 0.354. The van der Waals surface area contributed by atoms with Gasteiger partial charge in [-0.2, -0.15) is 0 Å². The number of para-hydroxylation sites is 1. The van der Waals surface area contributed by atoms with E-state index in [2.05, 4.69) is 56.4 Å². The lowest BCUT2D eigenvalue weighted by Gasteiger charge is -2.14. The molecule has 0 saturated carbocycles. The third kappa shape index (κ3) is 8.69. The van der Waals surface area contributed by atoms with Crippen LogP contribution in [0.4, 0.5) is 5.69 Å². The zero-order chi connectivity index (χ0) is 20.0. The molecular formula is C25H37NO2. The molecule has 0 bridgehead atoms. The Balaban J connectivity index is 1.81. The van der Waals surface area contributed by atoms with Gasteiger partial charge in [-0.1, -0.05) is 70.7 Å². The number of rotatable bonds is 14. The molecule has 0 amide bonds. The molecule has 0 aliphatic heterocycles. The predicted octanol–water partition coefficient (Wildman–Crippen LogP) is 7.07. The van der Waals surface area contributed by atoms with Crippen molar-refractivity contribution >= 4 is 5.69 Å². The number of hydrogen-bond acceptors (Lipinski definition) is 3. The summed E-state index contributed by atoms with van der Waals surface area (Å²) in [7, 11) is 0. The van der Waals surface area contributed by atoms with Gasteiger partial charge in [0.2, 0.25) is 0 Å². The summed E-state index contributed by atoms with van der Waals surface area (Å²) in [5.41, 5.74) is 2.24. The van der Waals surface area contributed by atoms with E-state index in [4.69, 9.17) is 9.47 Å². The van der Waals surface area contributed by atoms with Gasteiger partial charge in [-0.05, 0) is 37.0 Å². The van der Waals surface area contributed by atoms with Gasteiger partial charge in [-0.3, -0.25) is 0 Å². The van der Waals surface area contributed by atoms with E-state index in [1.54, 1.807) is 0 Å². The van der Waals surface area contributed by atoms with E-state index in [9.17, 15) is 0 Å². The molecule has 0 radical (unpaired) electrons. The minimum atomic E-state index is 0.652. The summed E-state index contributed by atoms with van der Waals surface area (Å²) in [6.07, 6.45) is 7.35. The molecule has 0 atom stereocenters. The first-order valence-electron chi connectivity index (χ1n) is 10.9. The minimum absolute atomic E-state index is 0.652. The van der Waals surface area contributed by atoms with Crippen LogP contribution in [-0.2, 0) is 6.54 Å². The number of hydrogen-bond donors (Lipinski definition) is 1. The summed E-state index contributed by atoms with van der Waals surface area (Å²) in [4.78, 5) is 0. The van der Waals surface area contributed by atoms with Gasteiger partial charge in [0.1, 0.15) is 11.5 Å². The molecule has 1 N–H and O–H groups in total. The van der Waals surface area contributed by atoms with Gasteiger partial charge in [-0.15, -0.1) is 0 Å². The van der Waals surface area contributed by atoms with E-state index < -0.39 is 0 Å². The zero-order valence-electron chi connectivity index (χ0n) is 17.9. The molecule has 0 heterocycles. The third-order valence-corrected chi connectivity index (χ3v) is 4.76. The summed E-state index contributed by atoms with van der Waals surface area (Å²) in [5.74, 6) is 2.55. The second-order valence-corrected chi connectivity index (χ2v) is 7.78. The maximum absolute atomic E-state index is 5.99. The van der Waals surface area contributed by atoms with Gasteiger partial charge in [0.25, 0.3) is 0 Å². The first-order valence-corrected chi connectivity index (χ1v) is 10.9. The topological polar surface area (TPSA) is 30.5 Å². The molecule has 2 rings (SSSR count). The van der Waals surface area contributed by atoms with Crippen molar-refractivity contribution < 1.29 is 9.47 Å². The normalized spacial score (nSPS) is 10.9. The second kappa shape index (κ2) is 13.1. The van der Waals surface area contributed by atoms with Crippen LogP contribution in [0.15, 0.2) is 48.5 Å². The van der Waals surface area contributed by atoms with Crippen LogP contribution in [0.25, 0.3) is 0 Å². The molecule has 3 heteroatoms. The summed E-state index contributed by atoms with van der Waals surface area (Å²) in [6.45, 7) is 8.97. The fourth-order valence-corrected chi connectivity index (χ4v) is 2.98. The number of anilines is 1. The van der Waals surface area contributed by atoms with Crippen LogP contribution in [0.3, 0.4) is 0 Å². The van der Waals surface area contributed by atoms with Crippen LogP contribution < -0.4 is 14.8 Å². The van der Waals surface area contributed by atoms with Gasteiger partial charge < -0.3 is 14.8 Å². The molecule has 0 aromatic heterocycles. The first-order chi connectivity index (χ1) is 13.7. The Morgan fingerprint density at radius 2 is 1.68 bits per heavy atom. The van der Waals surface area contributed by atoms with Crippen molar-refractivity contribution in [2.75, 3.05) is 18.5 Å². The zero-order valence-corrected chi connectivity index (χ0v) is 17.9. The highest BCUT2D eigenvalue weighted by molar-refractivity contribution is 5.49. The highest BCUT2D eigenvalue weighted by atomic mass is 16.5. The van der Waals surface area contributed by atoms with Crippen molar-refractivity contribution in [1.82, 2.24) is 0 Å². The maximum atomic E-state index is 5.99. The lowest BCUT2D eigenvalue weighted by molar-refractivity contribution is 0.287. The molecule has 2 aromatic rings. The molecule has 2 aromatic carbocycles. The predicted molar refractivity (Wildman–Crippen MR) is 119 cm³/mol. The van der Waals surface area contributed by atoms with Crippen LogP contribution in [0.5, 0.6) is 11.5 Å². The molecule has 0 fully saturated rings. The monoisotopic (exact) mass is 383 g/mol. The Morgan fingerprint density at radius 1 is 0.857 bits per heavy atom. The molecule has 0 aliphatic carbocycles. The van der Waals surface area contributed by atoms with Gasteiger partial charge >= 0.3 is 0 Å². The van der Waals surface area contributed by atoms with Gasteiger partial charge in [0, 0.05) is 23.9 Å². The van der Waals surface area contributed by atoms with Gasteiger partial charge in [0.15, 0.2) is 0 Å². The van der Waals surface area contributed by atoms with Crippen molar-refractivity contribution in [3.63, 3.8) is 0 Å². The average molecular weight is 384 g/mol. The smallest absolute Gasteiger partial charge is 0.124 e. The molecule has 0 aliphatic rings. The number of benzene rings is 2. The molecule has 28 heavy (non-hydrogen) atoms. The van der Waals surface area contributed by atoms with Crippen LogP contribution >= 0.6 is 0 Å². The molecule has 0 unspecified atom stereocenters. The molecule has 3 nitrogen and oxygen atoms in total. The standard InChI is InChI=1S/C25H37NO2/c1-4-5-6-7-10-17-27-24-14-11-13-23(19-24)26-20-22-12-8-9-15-25(22)28-18-16-21(2)3/h8-9,11-15,19,21,26H,4-7,10,16-18,20H2,1-3H3. The Labute approximate surface area is 171 Å². The van der Waals surface area contributed by atoms with Crippen LogP contribution in [-0.4, -0.2) is 13.2 Å². The van der Waals surface area contributed by atoms with Crippen LogP contribution in [0.1, 0.15) is 64.9 Å². The number of ether oxygens (including phenoxy) is 2. The van der Waals surface area contributed by atoms with Crippen molar-refractivity contribution in [3.8, 4) is 11.5 Å². The Hall–Kier alpha value is -2.16. The fraction of sp³-hybridized carbons (Fsp3) is 0.520. The van der Waals surface area contributed by atoms with E-state index in [0.717, 1.165) is 49.8 Å². The summed E-state index contributed by atoms with van der Waals surface area (Å²) in [5, 5.41) is 3.50. The average Bonchev–Trinajstić information content (AvgIpc) is 2.70. The highest BCUT2D eigenvalue weighted by Crippen LogP contribution is 2.22. The first kappa shape index (κ1) is 22.1. The van der Waals surface area contributed by atoms with Gasteiger partial charge in [0.05, 0.1) is 13.2 Å². The van der Waals surface area contributed by atoms with Crippen molar-refractivity contribution in [1.29, 1.82) is 0 Å². The van der Waals surface area contributed by atoms with Crippen molar-refractivity contribution in [3.05, 3.63) is 54.1 Å². The Bertz CT molecular complexity index is 669. The molecular weight excluding hydrogens is 346 g/mol. The molecule has 0 spiro atoms. The largest absolute Gasteiger partial charge is 0.494 e. The van der Waals surface area contributed by atoms with Crippen molar-refractivity contribution in [2.24, 2.45) is 5.92 Å². The number of nitrogens with one attached hydrogen (secondary N) is 1. The van der Waals surface area contributed by atoms with Gasteiger partial charge in [-0.25, -0.2) is 0 Å². The lowest BCUT2D eigenvalue weighted by atomic mass is 10.1. The fourth-order valence-electron chi connectivity index (χ4n) is 2.98. The van der Waals surface area contributed by atoms with E-state index in [-0.39, 0.29) is 0 Å². The van der Waals surface area contributed by atoms with E-state index in [1.165, 1.54) is 31.2 Å². The summed E-state index contributed by atoms with van der Waals surface area (Å²) >= 11 is 0. The molecule has 154 valence electrons.